The molecule has 0 aliphatic heterocycles. The second kappa shape index (κ2) is 9.80. The van der Waals surface area contributed by atoms with Crippen molar-refractivity contribution in [1.29, 1.82) is 0 Å². The Morgan fingerprint density at radius 3 is 1.58 bits per heavy atom. The SMILES string of the molecule is COc1cc(NC(=O)c2ccc(C(C)C)cc2)c(OC)cc1NC(=O)c1ccccc1. The van der Waals surface area contributed by atoms with E-state index in [0.717, 1.165) is 5.56 Å². The second-order valence-corrected chi connectivity index (χ2v) is 7.30. The molecule has 0 aromatic heterocycles. The highest BCUT2D eigenvalue weighted by Crippen LogP contribution is 2.37. The van der Waals surface area contributed by atoms with Gasteiger partial charge in [-0.05, 0) is 35.7 Å². The van der Waals surface area contributed by atoms with Crippen LogP contribution in [0.15, 0.2) is 66.7 Å². The molecule has 3 rings (SSSR count). The number of nitrogens with one attached hydrogen (secondary N) is 2. The number of hydrogen-bond acceptors (Lipinski definition) is 4. The first kappa shape index (κ1) is 21.9. The molecule has 6 heteroatoms. The lowest BCUT2D eigenvalue weighted by molar-refractivity contribution is 0.101. The van der Waals surface area contributed by atoms with Crippen LogP contribution in [-0.2, 0) is 0 Å². The van der Waals surface area contributed by atoms with Crippen LogP contribution in [0.2, 0.25) is 0 Å². The first-order valence-electron chi connectivity index (χ1n) is 9.96. The molecule has 2 amide bonds. The lowest BCUT2D eigenvalue weighted by Gasteiger charge is -2.16. The normalized spacial score (nSPS) is 10.5. The Bertz CT molecular complexity index is 1060. The summed E-state index contributed by atoms with van der Waals surface area (Å²) in [4.78, 5) is 25.3. The van der Waals surface area contributed by atoms with E-state index in [-0.39, 0.29) is 11.8 Å². The highest BCUT2D eigenvalue weighted by atomic mass is 16.5. The fourth-order valence-electron chi connectivity index (χ4n) is 3.09. The van der Waals surface area contributed by atoms with Gasteiger partial charge in [-0.1, -0.05) is 44.2 Å². The summed E-state index contributed by atoms with van der Waals surface area (Å²) in [6.45, 7) is 4.20. The Morgan fingerprint density at radius 2 is 1.16 bits per heavy atom. The third kappa shape index (κ3) is 5.22. The van der Waals surface area contributed by atoms with Gasteiger partial charge in [-0.25, -0.2) is 0 Å². The maximum absolute atomic E-state index is 12.7. The maximum Gasteiger partial charge on any atom is 0.255 e. The van der Waals surface area contributed by atoms with Gasteiger partial charge in [0.2, 0.25) is 0 Å². The molecule has 0 spiro atoms. The molecule has 3 aromatic carbocycles. The highest BCUT2D eigenvalue weighted by molar-refractivity contribution is 6.07. The molecule has 0 bridgehead atoms. The van der Waals surface area contributed by atoms with Gasteiger partial charge in [0, 0.05) is 23.3 Å². The van der Waals surface area contributed by atoms with Crippen LogP contribution in [0.3, 0.4) is 0 Å². The van der Waals surface area contributed by atoms with E-state index in [1.54, 1.807) is 48.5 Å². The smallest absolute Gasteiger partial charge is 0.255 e. The molecule has 0 saturated heterocycles. The molecule has 0 radical (unpaired) electrons. The Labute approximate surface area is 182 Å². The first-order valence-corrected chi connectivity index (χ1v) is 9.96. The van der Waals surface area contributed by atoms with Gasteiger partial charge in [-0.3, -0.25) is 9.59 Å². The van der Waals surface area contributed by atoms with Gasteiger partial charge in [-0.15, -0.1) is 0 Å². The number of hydrogen-bond donors (Lipinski definition) is 2. The fourth-order valence-corrected chi connectivity index (χ4v) is 3.09. The van der Waals surface area contributed by atoms with Gasteiger partial charge >= 0.3 is 0 Å². The van der Waals surface area contributed by atoms with Crippen LogP contribution in [0.25, 0.3) is 0 Å². The van der Waals surface area contributed by atoms with Crippen LogP contribution < -0.4 is 20.1 Å². The second-order valence-electron chi connectivity index (χ2n) is 7.30. The molecule has 0 atom stereocenters. The van der Waals surface area contributed by atoms with Crippen molar-refractivity contribution in [1.82, 2.24) is 0 Å². The standard InChI is InChI=1S/C25H26N2O4/c1-16(2)17-10-12-19(13-11-17)25(29)27-21-15-22(30-3)20(14-23(21)31-4)26-24(28)18-8-6-5-7-9-18/h5-16H,1-4H3,(H,26,28)(H,27,29). The maximum atomic E-state index is 12.7. The zero-order valence-corrected chi connectivity index (χ0v) is 18.1. The molecule has 0 fully saturated rings. The Kier molecular flexibility index (Phi) is 6.92. The summed E-state index contributed by atoms with van der Waals surface area (Å²) < 4.78 is 10.9. The predicted octanol–water partition coefficient (Wildman–Crippen LogP) is 5.33. The average Bonchev–Trinajstić information content (AvgIpc) is 2.80. The van der Waals surface area contributed by atoms with Crippen molar-refractivity contribution in [2.75, 3.05) is 24.9 Å². The molecule has 0 unspecified atom stereocenters. The summed E-state index contributed by atoms with van der Waals surface area (Å²) in [7, 11) is 2.99. The molecule has 0 saturated carbocycles. The van der Waals surface area contributed by atoms with E-state index >= 15 is 0 Å². The van der Waals surface area contributed by atoms with Crippen LogP contribution in [0, 0.1) is 0 Å². The van der Waals surface area contributed by atoms with E-state index in [2.05, 4.69) is 24.5 Å². The van der Waals surface area contributed by atoms with Crippen molar-refractivity contribution in [2.24, 2.45) is 0 Å². The van der Waals surface area contributed by atoms with Crippen LogP contribution in [-0.4, -0.2) is 26.0 Å². The minimum absolute atomic E-state index is 0.267. The summed E-state index contributed by atoms with van der Waals surface area (Å²) in [5.41, 5.74) is 3.09. The summed E-state index contributed by atoms with van der Waals surface area (Å²) in [5, 5.41) is 5.68. The predicted molar refractivity (Wildman–Crippen MR) is 122 cm³/mol. The zero-order valence-electron chi connectivity index (χ0n) is 18.1. The third-order valence-corrected chi connectivity index (χ3v) is 4.89. The van der Waals surface area contributed by atoms with Gasteiger partial charge in [0.1, 0.15) is 11.5 Å². The van der Waals surface area contributed by atoms with E-state index in [0.29, 0.717) is 39.9 Å². The van der Waals surface area contributed by atoms with E-state index in [1.165, 1.54) is 14.2 Å². The number of methoxy groups -OCH3 is 2. The van der Waals surface area contributed by atoms with Gasteiger partial charge < -0.3 is 20.1 Å². The van der Waals surface area contributed by atoms with Crippen molar-refractivity contribution in [3.05, 3.63) is 83.4 Å². The summed E-state index contributed by atoms with van der Waals surface area (Å²) >= 11 is 0. The van der Waals surface area contributed by atoms with Crippen molar-refractivity contribution >= 4 is 23.2 Å². The molecular formula is C25H26N2O4. The first-order chi connectivity index (χ1) is 14.9. The van der Waals surface area contributed by atoms with E-state index in [4.69, 9.17) is 9.47 Å². The van der Waals surface area contributed by atoms with Crippen LogP contribution in [0.1, 0.15) is 46.0 Å². The van der Waals surface area contributed by atoms with Crippen molar-refractivity contribution in [3.8, 4) is 11.5 Å². The number of benzene rings is 3. The number of carbonyl (C=O) groups excluding carboxylic acids is 2. The molecule has 6 nitrogen and oxygen atoms in total. The van der Waals surface area contributed by atoms with Crippen molar-refractivity contribution in [2.45, 2.75) is 19.8 Å². The number of amides is 2. The highest BCUT2D eigenvalue weighted by Gasteiger charge is 2.17. The van der Waals surface area contributed by atoms with Crippen molar-refractivity contribution in [3.63, 3.8) is 0 Å². The Hall–Kier alpha value is -3.80. The fraction of sp³-hybridized carbons (Fsp3) is 0.200. The van der Waals surface area contributed by atoms with Gasteiger partial charge in [0.25, 0.3) is 11.8 Å². The number of ether oxygens (including phenoxy) is 2. The molecular weight excluding hydrogens is 392 g/mol. The molecule has 160 valence electrons. The monoisotopic (exact) mass is 418 g/mol. The van der Waals surface area contributed by atoms with E-state index in [9.17, 15) is 9.59 Å². The van der Waals surface area contributed by atoms with Crippen molar-refractivity contribution < 1.29 is 19.1 Å². The lowest BCUT2D eigenvalue weighted by atomic mass is 10.0. The molecule has 0 heterocycles. The third-order valence-electron chi connectivity index (χ3n) is 4.89. The Morgan fingerprint density at radius 1 is 0.710 bits per heavy atom. The van der Waals surface area contributed by atoms with Gasteiger partial charge in [0.05, 0.1) is 25.6 Å². The quantitative estimate of drug-likeness (QED) is 0.544. The molecule has 31 heavy (non-hydrogen) atoms. The minimum Gasteiger partial charge on any atom is -0.494 e. The van der Waals surface area contributed by atoms with E-state index in [1.807, 2.05) is 18.2 Å². The molecule has 3 aromatic rings. The number of anilines is 2. The van der Waals surface area contributed by atoms with Crippen LogP contribution in [0.4, 0.5) is 11.4 Å². The van der Waals surface area contributed by atoms with Crippen LogP contribution >= 0.6 is 0 Å². The molecule has 0 aliphatic rings. The average molecular weight is 418 g/mol. The van der Waals surface area contributed by atoms with Gasteiger partial charge in [0.15, 0.2) is 0 Å². The zero-order chi connectivity index (χ0) is 22.4. The number of carbonyl (C=O) groups is 2. The summed E-state index contributed by atoms with van der Waals surface area (Å²) in [5.74, 6) is 0.645. The largest absolute Gasteiger partial charge is 0.494 e. The summed E-state index contributed by atoms with van der Waals surface area (Å²) in [6, 6.07) is 19.6. The molecule has 0 aliphatic carbocycles. The number of rotatable bonds is 7. The lowest BCUT2D eigenvalue weighted by Crippen LogP contribution is -2.15. The van der Waals surface area contributed by atoms with Crippen LogP contribution in [0.5, 0.6) is 11.5 Å². The topological polar surface area (TPSA) is 76.7 Å². The van der Waals surface area contributed by atoms with Gasteiger partial charge in [-0.2, -0.15) is 0 Å². The van der Waals surface area contributed by atoms with E-state index < -0.39 is 0 Å². The Balaban J connectivity index is 1.84. The molecule has 2 N–H and O–H groups in total. The summed E-state index contributed by atoms with van der Waals surface area (Å²) in [6.07, 6.45) is 0. The minimum atomic E-state index is -0.275.